The predicted molar refractivity (Wildman–Crippen MR) is 107 cm³/mol. The van der Waals surface area contributed by atoms with Crippen molar-refractivity contribution in [2.24, 2.45) is 23.7 Å². The van der Waals surface area contributed by atoms with Gasteiger partial charge in [0.25, 0.3) is 0 Å². The molecule has 1 fully saturated rings. The topological polar surface area (TPSA) is 89.9 Å². The van der Waals surface area contributed by atoms with E-state index >= 15 is 0 Å². The first-order valence-corrected chi connectivity index (χ1v) is 10.8. The number of aliphatic hydroxyl groups excluding tert-OH is 1. The molecular weight excluding hydrogens is 372 g/mol. The van der Waals surface area contributed by atoms with Gasteiger partial charge in [-0.15, -0.1) is 0 Å². The summed E-state index contributed by atoms with van der Waals surface area (Å²) < 4.78 is 11.2. The van der Waals surface area contributed by atoms with Gasteiger partial charge < -0.3 is 14.6 Å². The van der Waals surface area contributed by atoms with Crippen molar-refractivity contribution < 1.29 is 29.0 Å². The molecule has 1 saturated heterocycles. The fourth-order valence-corrected chi connectivity index (χ4v) is 4.70. The Labute approximate surface area is 172 Å². The molecule has 3 rings (SSSR count). The number of carbonyl (C=O) groups excluding carboxylic acids is 3. The number of aliphatic hydroxyl groups is 1. The molecule has 7 atom stereocenters. The van der Waals surface area contributed by atoms with Gasteiger partial charge in [0.15, 0.2) is 5.78 Å². The van der Waals surface area contributed by atoms with E-state index in [1.54, 1.807) is 6.08 Å². The molecule has 0 spiro atoms. The van der Waals surface area contributed by atoms with E-state index in [0.717, 1.165) is 12.0 Å². The van der Waals surface area contributed by atoms with Crippen LogP contribution in [0.5, 0.6) is 0 Å². The van der Waals surface area contributed by atoms with E-state index in [9.17, 15) is 19.5 Å². The number of esters is 2. The summed E-state index contributed by atoms with van der Waals surface area (Å²) in [7, 11) is 0. The molecule has 3 aliphatic rings. The maximum Gasteiger partial charge on any atom is 0.308 e. The van der Waals surface area contributed by atoms with E-state index in [2.05, 4.69) is 13.0 Å². The van der Waals surface area contributed by atoms with Gasteiger partial charge in [0, 0.05) is 18.8 Å². The Bertz CT molecular complexity index is 708. The number of rotatable bonds is 6. The molecule has 0 aromatic carbocycles. The van der Waals surface area contributed by atoms with Gasteiger partial charge >= 0.3 is 11.9 Å². The molecule has 0 saturated carbocycles. The highest BCUT2D eigenvalue weighted by Gasteiger charge is 2.42. The van der Waals surface area contributed by atoms with Crippen LogP contribution in [0.2, 0.25) is 0 Å². The van der Waals surface area contributed by atoms with Gasteiger partial charge in [0.1, 0.15) is 12.2 Å². The molecule has 1 heterocycles. The number of fused-ring (bicyclic) bond motifs is 1. The van der Waals surface area contributed by atoms with Gasteiger partial charge in [0.2, 0.25) is 0 Å². The average molecular weight is 405 g/mol. The number of carbonyl (C=O) groups is 3. The molecule has 0 bridgehead atoms. The van der Waals surface area contributed by atoms with Crippen LogP contribution >= 0.6 is 0 Å². The SMILES string of the molecule is CC[C@H](C)C(=O)O[C@H]1CC(=O)C=C2C=C[C@H](C)[C@H](CC[C@@H]3C[C@@H](O)CC(=O)O3)[C@H]21. The van der Waals surface area contributed by atoms with Gasteiger partial charge in [-0.25, -0.2) is 0 Å². The Kier molecular flexibility index (Phi) is 6.93. The Morgan fingerprint density at radius 2 is 2.07 bits per heavy atom. The molecule has 6 heteroatoms. The summed E-state index contributed by atoms with van der Waals surface area (Å²) in [4.78, 5) is 36.3. The third-order valence-corrected chi connectivity index (χ3v) is 6.58. The minimum absolute atomic E-state index is 0.0134. The Morgan fingerprint density at radius 1 is 1.31 bits per heavy atom. The van der Waals surface area contributed by atoms with Gasteiger partial charge in [0.05, 0.1) is 18.4 Å². The van der Waals surface area contributed by atoms with Gasteiger partial charge in [-0.05, 0) is 42.7 Å². The normalized spacial score (nSPS) is 35.4. The fraction of sp³-hybridized carbons (Fsp3) is 0.696. The molecule has 2 aliphatic carbocycles. The first-order chi connectivity index (χ1) is 13.8. The van der Waals surface area contributed by atoms with E-state index in [1.807, 2.05) is 19.9 Å². The molecule has 0 amide bonds. The lowest BCUT2D eigenvalue weighted by atomic mass is 9.66. The third kappa shape index (κ3) is 5.16. The van der Waals surface area contributed by atoms with Crippen LogP contribution < -0.4 is 0 Å². The highest BCUT2D eigenvalue weighted by atomic mass is 16.6. The molecule has 1 aliphatic heterocycles. The van der Waals surface area contributed by atoms with Crippen LogP contribution in [0.4, 0.5) is 0 Å². The van der Waals surface area contributed by atoms with Gasteiger partial charge in [-0.3, -0.25) is 14.4 Å². The smallest absolute Gasteiger partial charge is 0.308 e. The van der Waals surface area contributed by atoms with Crippen molar-refractivity contribution in [2.75, 3.05) is 0 Å². The van der Waals surface area contributed by atoms with Crippen LogP contribution in [0.15, 0.2) is 23.8 Å². The second-order valence-electron chi connectivity index (χ2n) is 8.79. The minimum atomic E-state index is -0.642. The summed E-state index contributed by atoms with van der Waals surface area (Å²) in [6.07, 6.45) is 7.22. The highest BCUT2D eigenvalue weighted by molar-refractivity contribution is 5.92. The number of hydrogen-bond acceptors (Lipinski definition) is 6. The lowest BCUT2D eigenvalue weighted by molar-refractivity contribution is -0.162. The lowest BCUT2D eigenvalue weighted by Gasteiger charge is -2.42. The van der Waals surface area contributed by atoms with Gasteiger partial charge in [-0.2, -0.15) is 0 Å². The average Bonchev–Trinajstić information content (AvgIpc) is 2.65. The van der Waals surface area contributed by atoms with Crippen LogP contribution in [0.1, 0.15) is 59.3 Å². The number of ether oxygens (including phenoxy) is 2. The van der Waals surface area contributed by atoms with E-state index < -0.39 is 12.2 Å². The molecule has 0 unspecified atom stereocenters. The summed E-state index contributed by atoms with van der Waals surface area (Å²) in [5.74, 6) is -0.430. The van der Waals surface area contributed by atoms with E-state index in [1.165, 1.54) is 0 Å². The van der Waals surface area contributed by atoms with Crippen molar-refractivity contribution >= 4 is 17.7 Å². The number of allylic oxidation sites excluding steroid dienone is 3. The van der Waals surface area contributed by atoms with Crippen LogP contribution in [-0.4, -0.2) is 41.1 Å². The van der Waals surface area contributed by atoms with Crippen molar-refractivity contribution in [2.45, 2.75) is 77.6 Å². The largest absolute Gasteiger partial charge is 0.462 e. The molecule has 6 nitrogen and oxygen atoms in total. The fourth-order valence-electron chi connectivity index (χ4n) is 4.70. The summed E-state index contributed by atoms with van der Waals surface area (Å²) >= 11 is 0. The molecule has 0 aromatic heterocycles. The molecular formula is C23H32O6. The van der Waals surface area contributed by atoms with Crippen molar-refractivity contribution in [1.82, 2.24) is 0 Å². The highest BCUT2D eigenvalue weighted by Crippen LogP contribution is 2.43. The van der Waals surface area contributed by atoms with E-state index in [0.29, 0.717) is 19.3 Å². The van der Waals surface area contributed by atoms with Crippen LogP contribution in [0.3, 0.4) is 0 Å². The van der Waals surface area contributed by atoms with Crippen LogP contribution in [-0.2, 0) is 23.9 Å². The molecule has 1 N–H and O–H groups in total. The van der Waals surface area contributed by atoms with Crippen molar-refractivity contribution in [1.29, 1.82) is 0 Å². The number of ketones is 1. The zero-order valence-corrected chi connectivity index (χ0v) is 17.5. The zero-order valence-electron chi connectivity index (χ0n) is 17.5. The Balaban J connectivity index is 1.75. The Hall–Kier alpha value is -1.95. The van der Waals surface area contributed by atoms with Gasteiger partial charge in [-0.1, -0.05) is 32.9 Å². The second kappa shape index (κ2) is 9.24. The predicted octanol–water partition coefficient (Wildman–Crippen LogP) is 3.13. The van der Waals surface area contributed by atoms with E-state index in [-0.39, 0.29) is 60.3 Å². The first kappa shape index (κ1) is 21.8. The summed E-state index contributed by atoms with van der Waals surface area (Å²) in [6.45, 7) is 5.91. The number of hydrogen-bond donors (Lipinski definition) is 1. The third-order valence-electron chi connectivity index (χ3n) is 6.58. The lowest BCUT2D eigenvalue weighted by Crippen LogP contribution is -2.42. The van der Waals surface area contributed by atoms with Crippen molar-refractivity contribution in [3.63, 3.8) is 0 Å². The van der Waals surface area contributed by atoms with Crippen molar-refractivity contribution in [3.8, 4) is 0 Å². The summed E-state index contributed by atoms with van der Waals surface area (Å²) in [5, 5.41) is 9.86. The second-order valence-corrected chi connectivity index (χ2v) is 8.79. The molecule has 0 radical (unpaired) electrons. The van der Waals surface area contributed by atoms with Crippen molar-refractivity contribution in [3.05, 3.63) is 23.8 Å². The minimum Gasteiger partial charge on any atom is -0.462 e. The molecule has 0 aromatic rings. The monoisotopic (exact) mass is 404 g/mol. The summed E-state index contributed by atoms with van der Waals surface area (Å²) in [6, 6.07) is 0. The number of cyclic esters (lactones) is 1. The summed E-state index contributed by atoms with van der Waals surface area (Å²) in [5.41, 5.74) is 0.923. The van der Waals surface area contributed by atoms with Crippen LogP contribution in [0.25, 0.3) is 0 Å². The maximum absolute atomic E-state index is 12.4. The standard InChI is InChI=1S/C23H32O6/c1-4-13(2)23(27)29-20-11-16(24)9-15-6-5-14(3)19(22(15)20)8-7-18-10-17(25)12-21(26)28-18/h5-6,9,13-14,17-20,22,25H,4,7-8,10-12H2,1-3H3/t13-,14-,17+,18+,19-,20-,22-/m0/s1. The Morgan fingerprint density at radius 3 is 2.76 bits per heavy atom. The molecule has 160 valence electrons. The zero-order chi connectivity index (χ0) is 21.1. The van der Waals surface area contributed by atoms with Crippen LogP contribution in [0, 0.1) is 23.7 Å². The first-order valence-electron chi connectivity index (χ1n) is 10.8. The quantitative estimate of drug-likeness (QED) is 0.684. The molecule has 29 heavy (non-hydrogen) atoms. The van der Waals surface area contributed by atoms with E-state index in [4.69, 9.17) is 9.47 Å². The maximum atomic E-state index is 12.4.